The monoisotopic (exact) mass is 378 g/mol. The first-order valence-corrected chi connectivity index (χ1v) is 10.3. The molecule has 1 fully saturated rings. The second-order valence-corrected chi connectivity index (χ2v) is 8.41. The van der Waals surface area contributed by atoms with Crippen LogP contribution in [0, 0.1) is 0 Å². The molecule has 146 valence electrons. The highest BCUT2D eigenvalue weighted by atomic mass is 16.2. The van der Waals surface area contributed by atoms with E-state index in [-0.39, 0.29) is 16.9 Å². The van der Waals surface area contributed by atoms with Crippen LogP contribution in [0.15, 0.2) is 29.1 Å². The summed E-state index contributed by atoms with van der Waals surface area (Å²) in [5, 5.41) is 0. The number of carbonyl (C=O) groups is 1. The molecule has 1 spiro atoms. The molecule has 1 aliphatic carbocycles. The van der Waals surface area contributed by atoms with Crippen LogP contribution < -0.4 is 15.4 Å². The van der Waals surface area contributed by atoms with Gasteiger partial charge in [0.15, 0.2) is 0 Å². The van der Waals surface area contributed by atoms with Crippen LogP contribution in [0.1, 0.15) is 49.4 Å². The number of carbonyl (C=O) groups excluding carboxylic acids is 1. The summed E-state index contributed by atoms with van der Waals surface area (Å²) in [5.74, 6) is 0.822. The van der Waals surface area contributed by atoms with Crippen molar-refractivity contribution in [3.63, 3.8) is 0 Å². The fraction of sp³-hybridized carbons (Fsp3) is 0.500. The molecule has 0 saturated carbocycles. The van der Waals surface area contributed by atoms with Crippen molar-refractivity contribution in [2.45, 2.75) is 50.9 Å². The van der Waals surface area contributed by atoms with Crippen molar-refractivity contribution in [3.05, 3.63) is 51.4 Å². The molecule has 1 N–H and O–H groups in total. The number of aryl methyl sites for hydroxylation is 1. The van der Waals surface area contributed by atoms with Crippen LogP contribution in [-0.4, -0.2) is 35.5 Å². The number of aromatic amines is 1. The minimum atomic E-state index is 0.00721. The predicted molar refractivity (Wildman–Crippen MR) is 109 cm³/mol. The van der Waals surface area contributed by atoms with E-state index < -0.39 is 0 Å². The van der Waals surface area contributed by atoms with Crippen molar-refractivity contribution in [2.24, 2.45) is 0 Å². The van der Waals surface area contributed by atoms with E-state index in [0.717, 1.165) is 81.1 Å². The molecule has 0 bridgehead atoms. The lowest BCUT2D eigenvalue weighted by Crippen LogP contribution is -2.46. The fourth-order valence-corrected chi connectivity index (χ4v) is 5.23. The van der Waals surface area contributed by atoms with Crippen molar-refractivity contribution >= 4 is 17.5 Å². The Morgan fingerprint density at radius 1 is 1.14 bits per heavy atom. The van der Waals surface area contributed by atoms with Gasteiger partial charge in [-0.05, 0) is 50.2 Å². The molecular formula is C22H26N4O2. The number of anilines is 2. The van der Waals surface area contributed by atoms with Crippen LogP contribution in [0.4, 0.5) is 11.6 Å². The maximum Gasteiger partial charge on any atom is 0.255 e. The Morgan fingerprint density at radius 2 is 1.89 bits per heavy atom. The van der Waals surface area contributed by atoms with Crippen LogP contribution in [0.2, 0.25) is 0 Å². The van der Waals surface area contributed by atoms with Gasteiger partial charge in [0.05, 0.1) is 5.69 Å². The lowest BCUT2D eigenvalue weighted by Gasteiger charge is -2.40. The fourth-order valence-electron chi connectivity index (χ4n) is 5.23. The van der Waals surface area contributed by atoms with E-state index in [2.05, 4.69) is 28.1 Å². The molecule has 6 nitrogen and oxygen atoms in total. The van der Waals surface area contributed by atoms with Crippen LogP contribution in [0.5, 0.6) is 0 Å². The number of H-pyrrole nitrogens is 1. The summed E-state index contributed by atoms with van der Waals surface area (Å²) >= 11 is 0. The van der Waals surface area contributed by atoms with Gasteiger partial charge < -0.3 is 9.80 Å². The highest BCUT2D eigenvalue weighted by molar-refractivity contribution is 5.94. The normalized spacial score (nSPS) is 20.2. The van der Waals surface area contributed by atoms with Gasteiger partial charge in [0.25, 0.3) is 5.56 Å². The second kappa shape index (κ2) is 6.47. The number of piperidine rings is 1. The van der Waals surface area contributed by atoms with Gasteiger partial charge in [0.2, 0.25) is 11.9 Å². The minimum Gasteiger partial charge on any atom is -0.342 e. The smallest absolute Gasteiger partial charge is 0.255 e. The molecule has 1 aromatic heterocycles. The number of rotatable bonds is 1. The van der Waals surface area contributed by atoms with E-state index in [1.54, 1.807) is 6.92 Å². The molecule has 0 atom stereocenters. The van der Waals surface area contributed by atoms with Gasteiger partial charge in [-0.15, -0.1) is 0 Å². The number of para-hydroxylation sites is 1. The zero-order valence-corrected chi connectivity index (χ0v) is 16.3. The zero-order chi connectivity index (χ0) is 19.3. The molecule has 5 rings (SSSR count). The lowest BCUT2D eigenvalue weighted by atomic mass is 9.74. The van der Waals surface area contributed by atoms with E-state index in [4.69, 9.17) is 4.98 Å². The molecule has 0 radical (unpaired) electrons. The van der Waals surface area contributed by atoms with Gasteiger partial charge in [-0.3, -0.25) is 14.6 Å². The summed E-state index contributed by atoms with van der Waals surface area (Å²) in [5.41, 5.74) is 4.26. The van der Waals surface area contributed by atoms with E-state index in [1.807, 2.05) is 11.0 Å². The van der Waals surface area contributed by atoms with Crippen molar-refractivity contribution in [1.29, 1.82) is 0 Å². The quantitative estimate of drug-likeness (QED) is 0.828. The maximum absolute atomic E-state index is 12.5. The van der Waals surface area contributed by atoms with Gasteiger partial charge in [-0.2, -0.15) is 0 Å². The summed E-state index contributed by atoms with van der Waals surface area (Å²) in [6, 6.07) is 8.30. The first-order chi connectivity index (χ1) is 13.6. The van der Waals surface area contributed by atoms with Gasteiger partial charge in [0, 0.05) is 43.2 Å². The Labute approximate surface area is 164 Å². The SMILES string of the molecule is CC(=O)N1CC2(CCN(c3nc4c(c(=O)[nH]3)CCCC4)CC2)c2ccccc21. The van der Waals surface area contributed by atoms with Crippen molar-refractivity contribution in [3.8, 4) is 0 Å². The van der Waals surface area contributed by atoms with E-state index in [1.165, 1.54) is 5.56 Å². The summed E-state index contributed by atoms with van der Waals surface area (Å²) in [6.07, 6.45) is 5.85. The van der Waals surface area contributed by atoms with Gasteiger partial charge in [-0.1, -0.05) is 18.2 Å². The summed E-state index contributed by atoms with van der Waals surface area (Å²) in [6.45, 7) is 4.07. The highest BCUT2D eigenvalue weighted by Crippen LogP contribution is 2.47. The highest BCUT2D eigenvalue weighted by Gasteiger charge is 2.45. The Balaban J connectivity index is 1.41. The average molecular weight is 378 g/mol. The number of nitrogens with zero attached hydrogens (tertiary/aromatic N) is 3. The van der Waals surface area contributed by atoms with Gasteiger partial charge in [-0.25, -0.2) is 4.98 Å². The van der Waals surface area contributed by atoms with E-state index in [9.17, 15) is 9.59 Å². The van der Waals surface area contributed by atoms with E-state index in [0.29, 0.717) is 0 Å². The van der Waals surface area contributed by atoms with Gasteiger partial charge >= 0.3 is 0 Å². The molecule has 0 unspecified atom stereocenters. The minimum absolute atomic E-state index is 0.00721. The van der Waals surface area contributed by atoms with Crippen LogP contribution in [0.25, 0.3) is 0 Å². The number of aromatic nitrogens is 2. The largest absolute Gasteiger partial charge is 0.342 e. The third-order valence-electron chi connectivity index (χ3n) is 6.81. The Hall–Kier alpha value is -2.63. The van der Waals surface area contributed by atoms with Crippen molar-refractivity contribution < 1.29 is 4.79 Å². The average Bonchev–Trinajstić information content (AvgIpc) is 3.03. The number of hydrogen-bond acceptors (Lipinski definition) is 4. The molecule has 3 aliphatic rings. The summed E-state index contributed by atoms with van der Waals surface area (Å²) in [4.78, 5) is 36.6. The topological polar surface area (TPSA) is 69.3 Å². The van der Waals surface area contributed by atoms with Crippen LogP contribution in [-0.2, 0) is 23.1 Å². The molecule has 3 heterocycles. The Morgan fingerprint density at radius 3 is 2.68 bits per heavy atom. The lowest BCUT2D eigenvalue weighted by molar-refractivity contribution is -0.116. The van der Waals surface area contributed by atoms with Crippen LogP contribution >= 0.6 is 0 Å². The molecule has 1 aromatic carbocycles. The van der Waals surface area contributed by atoms with Crippen molar-refractivity contribution in [2.75, 3.05) is 29.4 Å². The standard InChI is InChI=1S/C22H26N4O2/c1-15(27)26-14-22(17-7-3-5-9-19(17)26)10-12-25(13-11-22)21-23-18-8-4-2-6-16(18)20(28)24-21/h3,5,7,9H,2,4,6,8,10-14H2,1H3,(H,23,24,28). The number of fused-ring (bicyclic) bond motifs is 3. The molecule has 2 aliphatic heterocycles. The number of benzene rings is 1. The van der Waals surface area contributed by atoms with Gasteiger partial charge in [0.1, 0.15) is 0 Å². The molecule has 1 saturated heterocycles. The third-order valence-corrected chi connectivity index (χ3v) is 6.81. The number of hydrogen-bond donors (Lipinski definition) is 1. The summed E-state index contributed by atoms with van der Waals surface area (Å²) < 4.78 is 0. The van der Waals surface area contributed by atoms with E-state index >= 15 is 0 Å². The van der Waals surface area contributed by atoms with Crippen LogP contribution in [0.3, 0.4) is 0 Å². The number of nitrogens with one attached hydrogen (secondary N) is 1. The zero-order valence-electron chi connectivity index (χ0n) is 16.3. The molecule has 2 aromatic rings. The predicted octanol–water partition coefficient (Wildman–Crippen LogP) is 2.55. The second-order valence-electron chi connectivity index (χ2n) is 8.41. The first kappa shape index (κ1) is 17.5. The van der Waals surface area contributed by atoms with Crippen molar-refractivity contribution in [1.82, 2.24) is 9.97 Å². The first-order valence-electron chi connectivity index (χ1n) is 10.3. The molecule has 28 heavy (non-hydrogen) atoms. The summed E-state index contributed by atoms with van der Waals surface area (Å²) in [7, 11) is 0. The molecule has 6 heteroatoms. The third kappa shape index (κ3) is 2.65. The molecule has 1 amide bonds. The Kier molecular flexibility index (Phi) is 4.03. The number of amides is 1. The molecular weight excluding hydrogens is 352 g/mol. The Bertz CT molecular complexity index is 988. The maximum atomic E-state index is 12.5.